The summed E-state index contributed by atoms with van der Waals surface area (Å²) in [6.45, 7) is 0. The van der Waals surface area contributed by atoms with Crippen molar-refractivity contribution in [3.05, 3.63) is 29.8 Å². The van der Waals surface area contributed by atoms with Crippen LogP contribution in [0.1, 0.15) is 31.2 Å². The van der Waals surface area contributed by atoms with Gasteiger partial charge in [-0.15, -0.1) is 0 Å². The van der Waals surface area contributed by atoms with Crippen LogP contribution in [0.4, 0.5) is 13.2 Å². The number of hydrogen-bond donors (Lipinski definition) is 1. The van der Waals surface area contributed by atoms with Gasteiger partial charge in [-0.25, -0.2) is 8.42 Å². The van der Waals surface area contributed by atoms with Crippen molar-refractivity contribution in [3.8, 4) is 6.07 Å². The molecule has 1 aromatic carbocycles. The molecule has 2 saturated carbocycles. The minimum Gasteiger partial charge on any atom is -0.381 e. The third-order valence-corrected chi connectivity index (χ3v) is 7.60. The smallest absolute Gasteiger partial charge is 0.381 e. The molecule has 0 saturated heterocycles. The van der Waals surface area contributed by atoms with E-state index in [2.05, 4.69) is 5.32 Å². The number of ether oxygens (including phenoxy) is 1. The number of carbonyl (C=O) groups excluding carboxylic acids is 1. The Hall–Kier alpha value is -2.12. The van der Waals surface area contributed by atoms with Crippen LogP contribution in [0, 0.1) is 17.2 Å². The highest BCUT2D eigenvalue weighted by molar-refractivity contribution is 7.92. The van der Waals surface area contributed by atoms with E-state index < -0.39 is 55.2 Å². The summed E-state index contributed by atoms with van der Waals surface area (Å²) in [6, 6.07) is 6.04. The van der Waals surface area contributed by atoms with Crippen LogP contribution < -0.4 is 5.32 Å². The van der Waals surface area contributed by atoms with Gasteiger partial charge in [0.05, 0.1) is 33.8 Å². The van der Waals surface area contributed by atoms with E-state index in [4.69, 9.17) is 10.00 Å². The first-order chi connectivity index (χ1) is 13.0. The van der Waals surface area contributed by atoms with Crippen molar-refractivity contribution in [3.63, 3.8) is 0 Å². The molecule has 0 aliphatic heterocycles. The molecule has 0 bridgehead atoms. The summed E-state index contributed by atoms with van der Waals surface area (Å²) in [5.74, 6) is -1.36. The molecule has 2 aliphatic rings. The summed E-state index contributed by atoms with van der Waals surface area (Å²) in [5.41, 5.74) is -2.15. The van der Waals surface area contributed by atoms with Gasteiger partial charge in [0.2, 0.25) is 5.91 Å². The molecular weight excluding hydrogens is 397 g/mol. The molecule has 152 valence electrons. The van der Waals surface area contributed by atoms with Gasteiger partial charge in [0.25, 0.3) is 0 Å². The fourth-order valence-electron chi connectivity index (χ4n) is 3.59. The van der Waals surface area contributed by atoms with E-state index in [9.17, 15) is 26.4 Å². The van der Waals surface area contributed by atoms with E-state index in [1.165, 1.54) is 13.2 Å². The number of nitrogens with one attached hydrogen (secondary N) is 1. The van der Waals surface area contributed by atoms with Crippen LogP contribution in [0.25, 0.3) is 0 Å². The number of nitrogens with zero attached hydrogens (tertiary/aromatic N) is 1. The molecule has 3 rings (SSSR count). The lowest BCUT2D eigenvalue weighted by atomic mass is 10.0. The van der Waals surface area contributed by atoms with Gasteiger partial charge < -0.3 is 10.1 Å². The number of nitriles is 1. The fourth-order valence-corrected chi connectivity index (χ4v) is 5.61. The Morgan fingerprint density at radius 2 is 1.93 bits per heavy atom. The highest BCUT2D eigenvalue weighted by Crippen LogP contribution is 2.41. The molecule has 0 spiro atoms. The maximum absolute atomic E-state index is 13.3. The van der Waals surface area contributed by atoms with Gasteiger partial charge in [-0.1, -0.05) is 12.1 Å². The number of halogens is 3. The highest BCUT2D eigenvalue weighted by atomic mass is 32.2. The number of benzene rings is 1. The number of sulfone groups is 1. The van der Waals surface area contributed by atoms with Crippen molar-refractivity contribution in [2.75, 3.05) is 7.11 Å². The quantitative estimate of drug-likeness (QED) is 0.795. The van der Waals surface area contributed by atoms with E-state index in [1.54, 1.807) is 0 Å². The molecule has 0 radical (unpaired) electrons. The van der Waals surface area contributed by atoms with E-state index in [-0.39, 0.29) is 12.8 Å². The number of alkyl halides is 3. The van der Waals surface area contributed by atoms with Crippen LogP contribution in [-0.2, 0) is 25.5 Å². The average Bonchev–Trinajstić information content (AvgIpc) is 3.27. The maximum atomic E-state index is 13.3. The number of carbonyl (C=O) groups is 1. The average molecular weight is 416 g/mol. The predicted molar refractivity (Wildman–Crippen MR) is 91.7 cm³/mol. The van der Waals surface area contributed by atoms with Gasteiger partial charge in [-0.2, -0.15) is 18.4 Å². The van der Waals surface area contributed by atoms with Gasteiger partial charge in [0.1, 0.15) is 5.54 Å². The lowest BCUT2D eigenvalue weighted by molar-refractivity contribution is -0.140. The van der Waals surface area contributed by atoms with Crippen LogP contribution in [0.3, 0.4) is 0 Å². The molecule has 1 unspecified atom stereocenters. The summed E-state index contributed by atoms with van der Waals surface area (Å²) >= 11 is 0. The van der Waals surface area contributed by atoms with Gasteiger partial charge in [0.15, 0.2) is 9.84 Å². The largest absolute Gasteiger partial charge is 0.417 e. The van der Waals surface area contributed by atoms with E-state index >= 15 is 0 Å². The molecule has 2 fully saturated rings. The number of hydrogen-bond acceptors (Lipinski definition) is 5. The second-order valence-corrected chi connectivity index (χ2v) is 9.39. The van der Waals surface area contributed by atoms with Crippen LogP contribution in [0.5, 0.6) is 0 Å². The molecule has 10 heteroatoms. The van der Waals surface area contributed by atoms with E-state index in [0.717, 1.165) is 18.2 Å². The van der Waals surface area contributed by atoms with Crippen molar-refractivity contribution < 1.29 is 31.1 Å². The molecule has 0 heterocycles. The fraction of sp³-hybridized carbons (Fsp3) is 0.556. The molecular formula is C18H19F3N2O4S. The van der Waals surface area contributed by atoms with Crippen LogP contribution in [0.2, 0.25) is 0 Å². The Morgan fingerprint density at radius 3 is 2.46 bits per heavy atom. The molecule has 0 aromatic heterocycles. The lowest BCUT2D eigenvalue weighted by Crippen LogP contribution is -2.42. The Morgan fingerprint density at radius 1 is 1.29 bits per heavy atom. The van der Waals surface area contributed by atoms with Crippen molar-refractivity contribution in [2.45, 2.75) is 53.6 Å². The SMILES string of the molecule is COC1C[C@@H](S(=O)(=O)c2ccccc2C(F)(F)F)C[C@@H]1C(=O)NC1(C#N)CC1. The van der Waals surface area contributed by atoms with E-state index in [1.807, 2.05) is 6.07 Å². The second kappa shape index (κ2) is 7.04. The zero-order valence-corrected chi connectivity index (χ0v) is 15.8. The standard InChI is InChI=1S/C18H19F3N2O4S/c1-27-14-9-11(8-12(14)16(24)23-17(10-22)6-7-17)28(25,26)15-5-3-2-4-13(15)18(19,20)21/h2-5,11-12,14H,6-9H2,1H3,(H,23,24)/t11-,12-,14?/m0/s1. The maximum Gasteiger partial charge on any atom is 0.417 e. The minimum atomic E-state index is -4.81. The molecule has 3 atom stereocenters. The van der Waals surface area contributed by atoms with Gasteiger partial charge in [0, 0.05) is 7.11 Å². The van der Waals surface area contributed by atoms with Gasteiger partial charge in [-0.05, 0) is 37.8 Å². The summed E-state index contributed by atoms with van der Waals surface area (Å²) in [5, 5.41) is 10.5. The van der Waals surface area contributed by atoms with Gasteiger partial charge in [-0.3, -0.25) is 4.79 Å². The van der Waals surface area contributed by atoms with Crippen molar-refractivity contribution in [2.24, 2.45) is 5.92 Å². The number of methoxy groups -OCH3 is 1. The molecule has 1 amide bonds. The molecule has 2 aliphatic carbocycles. The van der Waals surface area contributed by atoms with Crippen LogP contribution >= 0.6 is 0 Å². The predicted octanol–water partition coefficient (Wildman–Crippen LogP) is 2.45. The molecule has 6 nitrogen and oxygen atoms in total. The Bertz CT molecular complexity index is 919. The first kappa shape index (κ1) is 20.6. The van der Waals surface area contributed by atoms with Crippen LogP contribution in [-0.4, -0.2) is 38.3 Å². The number of amides is 1. The van der Waals surface area contributed by atoms with Gasteiger partial charge >= 0.3 is 6.18 Å². The summed E-state index contributed by atoms with van der Waals surface area (Å²) < 4.78 is 70.9. The molecule has 28 heavy (non-hydrogen) atoms. The Balaban J connectivity index is 1.87. The monoisotopic (exact) mass is 416 g/mol. The first-order valence-electron chi connectivity index (χ1n) is 8.70. The normalized spacial score (nSPS) is 26.5. The summed E-state index contributed by atoms with van der Waals surface area (Å²) in [4.78, 5) is 11.8. The second-order valence-electron chi connectivity index (χ2n) is 7.20. The van der Waals surface area contributed by atoms with Crippen LogP contribution in [0.15, 0.2) is 29.2 Å². The number of rotatable bonds is 5. The minimum absolute atomic E-state index is 0.0946. The van der Waals surface area contributed by atoms with Crippen molar-refractivity contribution in [1.82, 2.24) is 5.32 Å². The Kier molecular flexibility index (Phi) is 5.18. The first-order valence-corrected chi connectivity index (χ1v) is 10.2. The summed E-state index contributed by atoms with van der Waals surface area (Å²) in [7, 11) is -3.02. The zero-order chi connectivity index (χ0) is 20.7. The van der Waals surface area contributed by atoms with Crippen molar-refractivity contribution in [1.29, 1.82) is 5.26 Å². The zero-order valence-electron chi connectivity index (χ0n) is 15.0. The molecule has 1 N–H and O–H groups in total. The molecule has 1 aromatic rings. The lowest BCUT2D eigenvalue weighted by Gasteiger charge is -2.19. The van der Waals surface area contributed by atoms with E-state index in [0.29, 0.717) is 12.8 Å². The Labute approximate surface area is 160 Å². The topological polar surface area (TPSA) is 96.3 Å². The van der Waals surface area contributed by atoms with Crippen molar-refractivity contribution >= 4 is 15.7 Å². The highest BCUT2D eigenvalue weighted by Gasteiger charge is 2.51. The third kappa shape index (κ3) is 3.73. The third-order valence-electron chi connectivity index (χ3n) is 5.36. The summed E-state index contributed by atoms with van der Waals surface area (Å²) in [6.07, 6.45) is -4.80.